The van der Waals surface area contributed by atoms with Gasteiger partial charge in [-0.1, -0.05) is 13.3 Å². The van der Waals surface area contributed by atoms with Crippen LogP contribution in [0.25, 0.3) is 0 Å². The molecule has 106 valence electrons. The fourth-order valence-electron chi connectivity index (χ4n) is 1.87. The fraction of sp³-hybridized carbons (Fsp3) is 0.538. The van der Waals surface area contributed by atoms with Gasteiger partial charge in [0.05, 0.1) is 6.54 Å². The number of aromatic nitrogens is 1. The molecule has 1 rings (SSSR count). The molecule has 5 nitrogen and oxygen atoms in total. The van der Waals surface area contributed by atoms with Crippen LogP contribution >= 0.6 is 15.9 Å². The number of unbranched alkanes of at least 4 members (excludes halogenated alkanes) is 1. The summed E-state index contributed by atoms with van der Waals surface area (Å²) >= 11 is 3.36. The lowest BCUT2D eigenvalue weighted by molar-refractivity contribution is -0.118. The molecule has 0 aliphatic heterocycles. The van der Waals surface area contributed by atoms with Gasteiger partial charge in [-0.2, -0.15) is 0 Å². The van der Waals surface area contributed by atoms with Crippen LogP contribution in [-0.4, -0.2) is 34.4 Å². The lowest BCUT2D eigenvalue weighted by Gasteiger charge is -2.21. The Hall–Kier alpha value is -1.30. The van der Waals surface area contributed by atoms with Gasteiger partial charge in [0.1, 0.15) is 5.69 Å². The summed E-state index contributed by atoms with van der Waals surface area (Å²) < 4.78 is 2.71. The molecule has 0 spiro atoms. The van der Waals surface area contributed by atoms with E-state index in [1.54, 1.807) is 6.07 Å². The number of hydrogen-bond donors (Lipinski definition) is 1. The number of carbonyl (C=O) groups excluding carboxylic acids is 2. The second-order valence-electron chi connectivity index (χ2n) is 4.38. The second kappa shape index (κ2) is 7.33. The highest BCUT2D eigenvalue weighted by atomic mass is 79.9. The third kappa shape index (κ3) is 4.38. The Kier molecular flexibility index (Phi) is 6.08. The van der Waals surface area contributed by atoms with Gasteiger partial charge in [0, 0.05) is 23.8 Å². The zero-order valence-electron chi connectivity index (χ0n) is 11.4. The van der Waals surface area contributed by atoms with E-state index in [4.69, 9.17) is 5.73 Å². The molecule has 19 heavy (non-hydrogen) atoms. The van der Waals surface area contributed by atoms with E-state index in [2.05, 4.69) is 15.9 Å². The summed E-state index contributed by atoms with van der Waals surface area (Å²) in [7, 11) is 0. The number of aryl methyl sites for hydroxylation is 1. The number of nitrogens with two attached hydrogens (primary N) is 1. The molecule has 2 amide bonds. The van der Waals surface area contributed by atoms with Crippen LogP contribution in [0.1, 0.15) is 37.2 Å². The average molecular weight is 330 g/mol. The van der Waals surface area contributed by atoms with Crippen molar-refractivity contribution in [1.29, 1.82) is 0 Å². The number of nitrogens with zero attached hydrogens (tertiary/aromatic N) is 2. The van der Waals surface area contributed by atoms with E-state index in [-0.39, 0.29) is 12.5 Å². The van der Waals surface area contributed by atoms with Crippen LogP contribution < -0.4 is 5.73 Å². The molecule has 0 atom stereocenters. The van der Waals surface area contributed by atoms with E-state index in [1.165, 1.54) is 4.90 Å². The number of rotatable bonds is 7. The first-order valence-electron chi connectivity index (χ1n) is 6.42. The Bertz CT molecular complexity index is 457. The van der Waals surface area contributed by atoms with Crippen molar-refractivity contribution in [1.82, 2.24) is 9.47 Å². The van der Waals surface area contributed by atoms with E-state index in [0.29, 0.717) is 18.8 Å². The summed E-state index contributed by atoms with van der Waals surface area (Å²) in [6, 6.07) is 1.77. The minimum Gasteiger partial charge on any atom is -0.368 e. The number of amides is 2. The standard InChI is InChI=1S/C13H20BrN3O2/c1-3-5-6-17(9-12(15)18)13(19)11-7-10(14)8-16(11)4-2/h7-8H,3-6,9H2,1-2H3,(H2,15,18). The SMILES string of the molecule is CCCCN(CC(N)=O)C(=O)c1cc(Br)cn1CC. The summed E-state index contributed by atoms with van der Waals surface area (Å²) in [5.74, 6) is -0.641. The van der Waals surface area contributed by atoms with Crippen molar-refractivity contribution in [3.05, 3.63) is 22.4 Å². The Morgan fingerprint density at radius 2 is 2.11 bits per heavy atom. The first-order chi connectivity index (χ1) is 8.99. The summed E-state index contributed by atoms with van der Waals surface area (Å²) in [5.41, 5.74) is 5.78. The molecule has 1 aromatic rings. The van der Waals surface area contributed by atoms with Crippen molar-refractivity contribution in [2.24, 2.45) is 5.73 Å². The van der Waals surface area contributed by atoms with Gasteiger partial charge in [0.15, 0.2) is 0 Å². The van der Waals surface area contributed by atoms with Crippen molar-refractivity contribution in [2.45, 2.75) is 33.2 Å². The molecule has 0 saturated heterocycles. The zero-order valence-corrected chi connectivity index (χ0v) is 12.9. The minimum absolute atomic E-state index is 0.0364. The molecule has 1 heterocycles. The van der Waals surface area contributed by atoms with Crippen molar-refractivity contribution in [2.75, 3.05) is 13.1 Å². The summed E-state index contributed by atoms with van der Waals surface area (Å²) in [6.45, 7) is 5.22. The van der Waals surface area contributed by atoms with Crippen LogP contribution in [0.2, 0.25) is 0 Å². The molecule has 0 aliphatic rings. The molecular formula is C13H20BrN3O2. The van der Waals surface area contributed by atoms with Gasteiger partial charge in [-0.05, 0) is 35.3 Å². The highest BCUT2D eigenvalue weighted by Gasteiger charge is 2.20. The molecule has 0 aliphatic carbocycles. The topological polar surface area (TPSA) is 68.3 Å². The lowest BCUT2D eigenvalue weighted by Crippen LogP contribution is -2.39. The van der Waals surface area contributed by atoms with Gasteiger partial charge in [0.2, 0.25) is 5.91 Å². The van der Waals surface area contributed by atoms with Crippen LogP contribution in [0.4, 0.5) is 0 Å². The Morgan fingerprint density at radius 1 is 1.42 bits per heavy atom. The molecule has 0 unspecified atom stereocenters. The highest BCUT2D eigenvalue weighted by Crippen LogP contribution is 2.17. The third-order valence-electron chi connectivity index (χ3n) is 2.84. The average Bonchev–Trinajstić information content (AvgIpc) is 2.74. The number of halogens is 1. The predicted molar refractivity (Wildman–Crippen MR) is 77.8 cm³/mol. The zero-order chi connectivity index (χ0) is 14.4. The maximum atomic E-state index is 12.5. The molecule has 0 radical (unpaired) electrons. The van der Waals surface area contributed by atoms with E-state index in [9.17, 15) is 9.59 Å². The smallest absolute Gasteiger partial charge is 0.270 e. The number of carbonyl (C=O) groups is 2. The number of hydrogen-bond acceptors (Lipinski definition) is 2. The van der Waals surface area contributed by atoms with Crippen LogP contribution in [0.5, 0.6) is 0 Å². The Labute approximate surface area is 121 Å². The van der Waals surface area contributed by atoms with Gasteiger partial charge >= 0.3 is 0 Å². The minimum atomic E-state index is -0.488. The van der Waals surface area contributed by atoms with E-state index in [0.717, 1.165) is 17.3 Å². The first-order valence-corrected chi connectivity index (χ1v) is 7.22. The van der Waals surface area contributed by atoms with Gasteiger partial charge in [-0.15, -0.1) is 0 Å². The number of primary amides is 1. The van der Waals surface area contributed by atoms with Crippen molar-refractivity contribution < 1.29 is 9.59 Å². The van der Waals surface area contributed by atoms with Gasteiger partial charge in [-0.3, -0.25) is 9.59 Å². The molecule has 6 heteroatoms. The van der Waals surface area contributed by atoms with E-state index < -0.39 is 5.91 Å². The monoisotopic (exact) mass is 329 g/mol. The second-order valence-corrected chi connectivity index (χ2v) is 5.29. The van der Waals surface area contributed by atoms with Crippen LogP contribution in [0.3, 0.4) is 0 Å². The maximum absolute atomic E-state index is 12.5. The summed E-state index contributed by atoms with van der Waals surface area (Å²) in [6.07, 6.45) is 3.67. The molecule has 2 N–H and O–H groups in total. The summed E-state index contributed by atoms with van der Waals surface area (Å²) in [5, 5.41) is 0. The maximum Gasteiger partial charge on any atom is 0.270 e. The predicted octanol–water partition coefficient (Wildman–Crippen LogP) is 2.00. The molecule has 0 bridgehead atoms. The normalized spacial score (nSPS) is 10.5. The molecule has 0 fully saturated rings. The highest BCUT2D eigenvalue weighted by molar-refractivity contribution is 9.10. The van der Waals surface area contributed by atoms with Gasteiger partial charge < -0.3 is 15.2 Å². The Balaban J connectivity index is 2.93. The molecule has 1 aromatic heterocycles. The Morgan fingerprint density at radius 3 is 2.63 bits per heavy atom. The quantitative estimate of drug-likeness (QED) is 0.831. The summed E-state index contributed by atoms with van der Waals surface area (Å²) in [4.78, 5) is 25.0. The molecule has 0 aromatic carbocycles. The van der Waals surface area contributed by atoms with Crippen LogP contribution in [0.15, 0.2) is 16.7 Å². The molecular weight excluding hydrogens is 310 g/mol. The van der Waals surface area contributed by atoms with Crippen LogP contribution in [-0.2, 0) is 11.3 Å². The van der Waals surface area contributed by atoms with E-state index in [1.807, 2.05) is 24.6 Å². The van der Waals surface area contributed by atoms with Gasteiger partial charge in [-0.25, -0.2) is 0 Å². The van der Waals surface area contributed by atoms with E-state index >= 15 is 0 Å². The molecule has 0 saturated carbocycles. The van der Waals surface area contributed by atoms with Crippen molar-refractivity contribution in [3.63, 3.8) is 0 Å². The van der Waals surface area contributed by atoms with Gasteiger partial charge in [0.25, 0.3) is 5.91 Å². The largest absolute Gasteiger partial charge is 0.368 e. The van der Waals surface area contributed by atoms with Crippen molar-refractivity contribution in [3.8, 4) is 0 Å². The van der Waals surface area contributed by atoms with Crippen molar-refractivity contribution >= 4 is 27.7 Å². The fourth-order valence-corrected chi connectivity index (χ4v) is 2.33. The lowest BCUT2D eigenvalue weighted by atomic mass is 10.2. The third-order valence-corrected chi connectivity index (χ3v) is 3.27. The van der Waals surface area contributed by atoms with Crippen LogP contribution in [0, 0.1) is 0 Å². The first kappa shape index (κ1) is 15.8.